The highest BCUT2D eigenvalue weighted by molar-refractivity contribution is 7.12. The number of hydrogen-bond acceptors (Lipinski definition) is 3. The van der Waals surface area contributed by atoms with Crippen LogP contribution < -0.4 is 10.2 Å². The maximum absolute atomic E-state index is 13.3. The van der Waals surface area contributed by atoms with Crippen molar-refractivity contribution in [1.82, 2.24) is 4.90 Å². The third-order valence-corrected chi connectivity index (χ3v) is 6.41. The second kappa shape index (κ2) is 9.24. The standard InChI is InChI=1S/C24H25N3O2S/c1-18-9-11-20(12-10-18)25-23(28)22(19-6-3-2-4-7-19)26-13-15-27(16-14-26)24(29)21-8-5-17-30-21/h2-12,17,22H,13-16H2,1H3,(H,25,28)/p+1/t22-/m0/s1. The highest BCUT2D eigenvalue weighted by Crippen LogP contribution is 2.16. The Hall–Kier alpha value is -2.96. The summed E-state index contributed by atoms with van der Waals surface area (Å²) in [5, 5.41) is 5.01. The number of quaternary nitrogens is 1. The third kappa shape index (κ3) is 4.61. The number of hydrogen-bond donors (Lipinski definition) is 2. The van der Waals surface area contributed by atoms with Crippen LogP contribution in [0.4, 0.5) is 5.69 Å². The zero-order valence-electron chi connectivity index (χ0n) is 17.0. The fraction of sp³-hybridized carbons (Fsp3) is 0.250. The molecule has 0 radical (unpaired) electrons. The van der Waals surface area contributed by atoms with E-state index in [1.165, 1.54) is 16.2 Å². The molecule has 30 heavy (non-hydrogen) atoms. The number of thiophene rings is 1. The van der Waals surface area contributed by atoms with Crippen molar-refractivity contribution < 1.29 is 14.5 Å². The molecule has 1 atom stereocenters. The number of nitrogens with zero attached hydrogens (tertiary/aromatic N) is 1. The highest BCUT2D eigenvalue weighted by atomic mass is 32.1. The molecule has 5 nitrogen and oxygen atoms in total. The van der Waals surface area contributed by atoms with E-state index in [-0.39, 0.29) is 17.9 Å². The number of carbonyl (C=O) groups is 2. The van der Waals surface area contributed by atoms with Gasteiger partial charge in [0.15, 0.2) is 6.04 Å². The molecule has 1 aromatic heterocycles. The van der Waals surface area contributed by atoms with E-state index in [4.69, 9.17) is 0 Å². The Morgan fingerprint density at radius 2 is 1.67 bits per heavy atom. The van der Waals surface area contributed by atoms with Crippen LogP contribution in [0.1, 0.15) is 26.8 Å². The lowest BCUT2D eigenvalue weighted by Gasteiger charge is -2.36. The largest absolute Gasteiger partial charge is 0.327 e. The van der Waals surface area contributed by atoms with E-state index in [2.05, 4.69) is 5.32 Å². The Bertz CT molecular complexity index is 979. The van der Waals surface area contributed by atoms with E-state index in [9.17, 15) is 9.59 Å². The maximum Gasteiger partial charge on any atom is 0.287 e. The molecule has 1 fully saturated rings. The van der Waals surface area contributed by atoms with Crippen molar-refractivity contribution in [2.24, 2.45) is 0 Å². The van der Waals surface area contributed by atoms with Crippen LogP contribution in [0.2, 0.25) is 0 Å². The average molecular weight is 421 g/mol. The first-order valence-electron chi connectivity index (χ1n) is 10.2. The van der Waals surface area contributed by atoms with Crippen LogP contribution in [0.15, 0.2) is 72.1 Å². The van der Waals surface area contributed by atoms with E-state index in [0.29, 0.717) is 13.1 Å². The second-order valence-corrected chi connectivity index (χ2v) is 8.57. The first-order valence-corrected chi connectivity index (χ1v) is 11.1. The topological polar surface area (TPSA) is 53.9 Å². The molecular formula is C24H26N3O2S+. The van der Waals surface area contributed by atoms with Crippen molar-refractivity contribution >= 4 is 28.8 Å². The molecule has 2 heterocycles. The van der Waals surface area contributed by atoms with Crippen LogP contribution in [0.25, 0.3) is 0 Å². The molecule has 3 aromatic rings. The van der Waals surface area contributed by atoms with Gasteiger partial charge in [0.25, 0.3) is 11.8 Å². The van der Waals surface area contributed by atoms with Crippen molar-refractivity contribution in [2.45, 2.75) is 13.0 Å². The molecule has 2 amide bonds. The highest BCUT2D eigenvalue weighted by Gasteiger charge is 2.35. The molecule has 0 spiro atoms. The number of rotatable bonds is 5. The molecule has 0 bridgehead atoms. The smallest absolute Gasteiger partial charge is 0.287 e. The summed E-state index contributed by atoms with van der Waals surface area (Å²) in [7, 11) is 0. The summed E-state index contributed by atoms with van der Waals surface area (Å²) in [5.74, 6) is 0.0718. The van der Waals surface area contributed by atoms with Crippen molar-refractivity contribution in [3.8, 4) is 0 Å². The Morgan fingerprint density at radius 3 is 2.30 bits per heavy atom. The molecule has 0 saturated carbocycles. The lowest BCUT2D eigenvalue weighted by molar-refractivity contribution is -0.925. The van der Waals surface area contributed by atoms with Gasteiger partial charge >= 0.3 is 0 Å². The predicted octanol–water partition coefficient (Wildman–Crippen LogP) is 2.78. The number of benzene rings is 2. The van der Waals surface area contributed by atoms with Crippen LogP contribution in [0, 0.1) is 6.92 Å². The lowest BCUT2D eigenvalue weighted by Crippen LogP contribution is -3.16. The minimum Gasteiger partial charge on any atom is -0.327 e. The average Bonchev–Trinajstić information content (AvgIpc) is 3.31. The van der Waals surface area contributed by atoms with E-state index >= 15 is 0 Å². The van der Waals surface area contributed by atoms with Gasteiger partial charge in [0, 0.05) is 11.3 Å². The minimum atomic E-state index is -0.313. The van der Waals surface area contributed by atoms with Crippen molar-refractivity contribution in [2.75, 3.05) is 31.5 Å². The molecule has 1 aliphatic rings. The van der Waals surface area contributed by atoms with Crippen molar-refractivity contribution in [3.63, 3.8) is 0 Å². The van der Waals surface area contributed by atoms with Crippen LogP contribution in [-0.2, 0) is 4.79 Å². The molecular weight excluding hydrogens is 394 g/mol. The molecule has 1 saturated heterocycles. The monoisotopic (exact) mass is 420 g/mol. The van der Waals surface area contributed by atoms with Gasteiger partial charge in [0.05, 0.1) is 31.1 Å². The molecule has 0 aliphatic carbocycles. The normalized spacial score (nSPS) is 15.6. The molecule has 1 aliphatic heterocycles. The van der Waals surface area contributed by atoms with Gasteiger partial charge in [-0.3, -0.25) is 9.59 Å². The quantitative estimate of drug-likeness (QED) is 0.667. The number of carbonyl (C=O) groups excluding carboxylic acids is 2. The number of piperazine rings is 1. The Balaban J connectivity index is 1.49. The molecule has 6 heteroatoms. The van der Waals surface area contributed by atoms with Crippen LogP contribution >= 0.6 is 11.3 Å². The van der Waals surface area contributed by atoms with E-state index in [1.54, 1.807) is 0 Å². The van der Waals surface area contributed by atoms with Gasteiger partial charge in [-0.25, -0.2) is 0 Å². The summed E-state index contributed by atoms with van der Waals surface area (Å²) in [6, 6.07) is 21.2. The SMILES string of the molecule is Cc1ccc(NC(=O)[C@H](c2ccccc2)[NH+]2CCN(C(=O)c3cccs3)CC2)cc1. The molecule has 4 rings (SSSR count). The maximum atomic E-state index is 13.3. The van der Waals surface area contributed by atoms with Crippen LogP contribution in [-0.4, -0.2) is 42.9 Å². The van der Waals surface area contributed by atoms with Crippen molar-refractivity contribution in [3.05, 3.63) is 88.1 Å². The van der Waals surface area contributed by atoms with Crippen molar-refractivity contribution in [1.29, 1.82) is 0 Å². The van der Waals surface area contributed by atoms with Gasteiger partial charge in [0.1, 0.15) is 0 Å². The number of aryl methyl sites for hydroxylation is 1. The number of anilines is 1. The van der Waals surface area contributed by atoms with E-state index in [0.717, 1.165) is 34.8 Å². The summed E-state index contributed by atoms with van der Waals surface area (Å²) in [4.78, 5) is 29.8. The second-order valence-electron chi connectivity index (χ2n) is 7.63. The number of nitrogens with one attached hydrogen (secondary N) is 2. The summed E-state index contributed by atoms with van der Waals surface area (Å²) >= 11 is 1.47. The van der Waals surface area contributed by atoms with E-state index in [1.807, 2.05) is 83.9 Å². The Morgan fingerprint density at radius 1 is 0.967 bits per heavy atom. The fourth-order valence-corrected chi connectivity index (χ4v) is 4.60. The van der Waals surface area contributed by atoms with Gasteiger partial charge in [-0.1, -0.05) is 54.1 Å². The molecule has 2 N–H and O–H groups in total. The summed E-state index contributed by atoms with van der Waals surface area (Å²) < 4.78 is 0. The summed E-state index contributed by atoms with van der Waals surface area (Å²) in [6.45, 7) is 4.79. The first kappa shape index (κ1) is 20.3. The zero-order chi connectivity index (χ0) is 20.9. The Kier molecular flexibility index (Phi) is 6.26. The van der Waals surface area contributed by atoms with Gasteiger partial charge in [-0.05, 0) is 30.5 Å². The van der Waals surface area contributed by atoms with Gasteiger partial charge in [-0.15, -0.1) is 11.3 Å². The summed E-state index contributed by atoms with van der Waals surface area (Å²) in [5.41, 5.74) is 2.96. The lowest BCUT2D eigenvalue weighted by atomic mass is 10.0. The minimum absolute atomic E-state index is 0.0157. The fourth-order valence-electron chi connectivity index (χ4n) is 3.91. The van der Waals surface area contributed by atoms with Crippen LogP contribution in [0.3, 0.4) is 0 Å². The molecule has 0 unspecified atom stereocenters. The third-order valence-electron chi connectivity index (χ3n) is 5.55. The predicted molar refractivity (Wildman–Crippen MR) is 120 cm³/mol. The Labute approximate surface area is 180 Å². The molecule has 154 valence electrons. The van der Waals surface area contributed by atoms with Gasteiger partial charge in [0.2, 0.25) is 0 Å². The van der Waals surface area contributed by atoms with Gasteiger partial charge in [-0.2, -0.15) is 0 Å². The zero-order valence-corrected chi connectivity index (χ0v) is 17.8. The molecule has 2 aromatic carbocycles. The van der Waals surface area contributed by atoms with E-state index < -0.39 is 0 Å². The van der Waals surface area contributed by atoms with Gasteiger partial charge < -0.3 is 15.1 Å². The van der Waals surface area contributed by atoms with Crippen LogP contribution in [0.5, 0.6) is 0 Å². The summed E-state index contributed by atoms with van der Waals surface area (Å²) in [6.07, 6.45) is 0. The number of amides is 2. The first-order chi connectivity index (χ1) is 14.6.